The highest BCUT2D eigenvalue weighted by molar-refractivity contribution is 5.89. The second kappa shape index (κ2) is 11.5. The number of rotatable bonds is 7. The van der Waals surface area contributed by atoms with Gasteiger partial charge in [0.05, 0.1) is 19.3 Å². The molecule has 2 aromatic rings. The highest BCUT2D eigenvalue weighted by Gasteiger charge is 2.46. The first-order valence-corrected chi connectivity index (χ1v) is 12.9. The van der Waals surface area contributed by atoms with Crippen LogP contribution in [0, 0.1) is 11.7 Å². The Balaban J connectivity index is 1.31. The van der Waals surface area contributed by atoms with E-state index in [1.54, 1.807) is 30.3 Å². The molecule has 6 nitrogen and oxygen atoms in total. The largest absolute Gasteiger partial charge is 0.465 e. The van der Waals surface area contributed by atoms with Crippen LogP contribution in [0.2, 0.25) is 0 Å². The Kier molecular flexibility index (Phi) is 8.42. The summed E-state index contributed by atoms with van der Waals surface area (Å²) < 4.78 is 24.4. The number of carbonyl (C=O) groups is 2. The number of esters is 1. The fourth-order valence-corrected chi connectivity index (χ4v) is 5.56. The van der Waals surface area contributed by atoms with Crippen LogP contribution >= 0.6 is 0 Å². The number of amides is 1. The van der Waals surface area contributed by atoms with Crippen LogP contribution in [0.15, 0.2) is 48.5 Å². The zero-order valence-corrected chi connectivity index (χ0v) is 21.5. The highest BCUT2D eigenvalue weighted by Crippen LogP contribution is 2.36. The third-order valence-corrected chi connectivity index (χ3v) is 7.89. The number of nitrogens with one attached hydrogen (secondary N) is 1. The Morgan fingerprint density at radius 1 is 1.14 bits per heavy atom. The van der Waals surface area contributed by atoms with Crippen LogP contribution in [0.4, 0.5) is 4.39 Å². The van der Waals surface area contributed by atoms with Crippen molar-refractivity contribution in [3.05, 3.63) is 71.0 Å². The first-order valence-electron chi connectivity index (χ1n) is 12.9. The third-order valence-electron chi connectivity index (χ3n) is 7.89. The van der Waals surface area contributed by atoms with Gasteiger partial charge in [0, 0.05) is 12.6 Å². The summed E-state index contributed by atoms with van der Waals surface area (Å²) in [6.45, 7) is 6.88. The van der Waals surface area contributed by atoms with E-state index in [2.05, 4.69) is 10.2 Å². The van der Waals surface area contributed by atoms with E-state index in [4.69, 9.17) is 9.47 Å². The molecule has 36 heavy (non-hydrogen) atoms. The second-order valence-corrected chi connectivity index (χ2v) is 10.3. The standard InChI is InChI=1S/C29H37FN2O4/c1-20(2)29(28(34)31-18-21-5-4-6-24(17-21)27(33)35-3)14-11-26(19-36-29)32-15-12-23(13-16-32)22-7-9-25(30)10-8-22/h4-10,17,20,23,26H,11-16,18-19H2,1-3H3,(H,31,34). The molecule has 0 radical (unpaired) electrons. The molecule has 2 saturated heterocycles. The predicted molar refractivity (Wildman–Crippen MR) is 136 cm³/mol. The first kappa shape index (κ1) is 26.3. The molecule has 2 aliphatic heterocycles. The van der Waals surface area contributed by atoms with Gasteiger partial charge in [0.15, 0.2) is 0 Å². The summed E-state index contributed by atoms with van der Waals surface area (Å²) in [7, 11) is 1.35. The molecule has 194 valence electrons. The summed E-state index contributed by atoms with van der Waals surface area (Å²) in [5.41, 5.74) is 1.65. The number of nitrogens with zero attached hydrogens (tertiary/aromatic N) is 1. The van der Waals surface area contributed by atoms with E-state index in [1.807, 2.05) is 32.0 Å². The van der Waals surface area contributed by atoms with E-state index < -0.39 is 11.6 Å². The van der Waals surface area contributed by atoms with Gasteiger partial charge in [-0.3, -0.25) is 9.69 Å². The molecular formula is C29H37FN2O4. The average molecular weight is 497 g/mol. The zero-order chi connectivity index (χ0) is 25.7. The quantitative estimate of drug-likeness (QED) is 0.564. The highest BCUT2D eigenvalue weighted by atomic mass is 19.1. The number of piperidine rings is 1. The molecule has 0 saturated carbocycles. The van der Waals surface area contributed by atoms with Crippen molar-refractivity contribution in [3.8, 4) is 0 Å². The van der Waals surface area contributed by atoms with Gasteiger partial charge in [-0.25, -0.2) is 9.18 Å². The van der Waals surface area contributed by atoms with Crippen molar-refractivity contribution in [1.82, 2.24) is 10.2 Å². The molecule has 4 rings (SSSR count). The number of hydrogen-bond donors (Lipinski definition) is 1. The lowest BCUT2D eigenvalue weighted by Crippen LogP contribution is -2.58. The Bertz CT molecular complexity index is 1040. The number of halogens is 1. The van der Waals surface area contributed by atoms with Gasteiger partial charge in [0.25, 0.3) is 5.91 Å². The van der Waals surface area contributed by atoms with Crippen molar-refractivity contribution < 1.29 is 23.5 Å². The minimum Gasteiger partial charge on any atom is -0.465 e. The number of methoxy groups -OCH3 is 1. The summed E-state index contributed by atoms with van der Waals surface area (Å²) in [4.78, 5) is 27.6. The van der Waals surface area contributed by atoms with E-state index in [0.29, 0.717) is 37.1 Å². The lowest BCUT2D eigenvalue weighted by Gasteiger charge is -2.46. The van der Waals surface area contributed by atoms with Gasteiger partial charge in [-0.1, -0.05) is 38.1 Å². The maximum Gasteiger partial charge on any atom is 0.337 e. The van der Waals surface area contributed by atoms with Gasteiger partial charge in [0.2, 0.25) is 0 Å². The molecule has 2 aliphatic rings. The monoisotopic (exact) mass is 496 g/mol. The number of hydrogen-bond acceptors (Lipinski definition) is 5. The van der Waals surface area contributed by atoms with Crippen molar-refractivity contribution in [2.24, 2.45) is 5.92 Å². The SMILES string of the molecule is COC(=O)c1cccc(CNC(=O)C2(C(C)C)CCC(N3CCC(c4ccc(F)cc4)CC3)CO2)c1. The number of ether oxygens (including phenoxy) is 2. The van der Waals surface area contributed by atoms with Crippen LogP contribution in [0.1, 0.15) is 66.9 Å². The van der Waals surface area contributed by atoms with E-state index in [1.165, 1.54) is 12.7 Å². The molecule has 2 fully saturated rings. The Hall–Kier alpha value is -2.77. The zero-order valence-electron chi connectivity index (χ0n) is 21.5. The molecule has 2 heterocycles. The minimum atomic E-state index is -0.858. The van der Waals surface area contributed by atoms with Gasteiger partial charge >= 0.3 is 5.97 Å². The molecule has 0 bridgehead atoms. The maximum absolute atomic E-state index is 13.3. The second-order valence-electron chi connectivity index (χ2n) is 10.3. The van der Waals surface area contributed by atoms with Crippen LogP contribution in [0.3, 0.4) is 0 Å². The number of likely N-dealkylation sites (tertiary alicyclic amines) is 1. The van der Waals surface area contributed by atoms with Crippen LogP contribution < -0.4 is 5.32 Å². The van der Waals surface area contributed by atoms with E-state index in [9.17, 15) is 14.0 Å². The van der Waals surface area contributed by atoms with Crippen molar-refractivity contribution >= 4 is 11.9 Å². The predicted octanol–water partition coefficient (Wildman–Crippen LogP) is 4.68. The molecule has 1 N–H and O–H groups in total. The molecule has 0 aromatic heterocycles. The molecule has 0 spiro atoms. The van der Waals surface area contributed by atoms with E-state index >= 15 is 0 Å². The van der Waals surface area contributed by atoms with E-state index in [0.717, 1.165) is 37.9 Å². The van der Waals surface area contributed by atoms with Gasteiger partial charge in [-0.15, -0.1) is 0 Å². The Morgan fingerprint density at radius 2 is 1.86 bits per heavy atom. The minimum absolute atomic E-state index is 0.0315. The summed E-state index contributed by atoms with van der Waals surface area (Å²) in [6.07, 6.45) is 3.66. The van der Waals surface area contributed by atoms with Crippen LogP contribution in [0.5, 0.6) is 0 Å². The van der Waals surface area contributed by atoms with Crippen LogP contribution in [0.25, 0.3) is 0 Å². The van der Waals surface area contributed by atoms with Gasteiger partial charge in [0.1, 0.15) is 11.4 Å². The summed E-state index contributed by atoms with van der Waals surface area (Å²) in [5, 5.41) is 3.04. The fraction of sp³-hybridized carbons (Fsp3) is 0.517. The lowest BCUT2D eigenvalue weighted by molar-refractivity contribution is -0.170. The van der Waals surface area contributed by atoms with E-state index in [-0.39, 0.29) is 17.6 Å². The van der Waals surface area contributed by atoms with Crippen molar-refractivity contribution in [3.63, 3.8) is 0 Å². The summed E-state index contributed by atoms with van der Waals surface area (Å²) in [5.74, 6) is -0.198. The molecule has 2 unspecified atom stereocenters. The van der Waals surface area contributed by atoms with Gasteiger partial charge in [-0.2, -0.15) is 0 Å². The normalized spacial score (nSPS) is 23.4. The maximum atomic E-state index is 13.3. The van der Waals surface area contributed by atoms with Gasteiger partial charge in [-0.05, 0) is 86.0 Å². The average Bonchev–Trinajstić information content (AvgIpc) is 2.92. The molecule has 2 atom stereocenters. The summed E-state index contributed by atoms with van der Waals surface area (Å²) in [6, 6.07) is 14.3. The van der Waals surface area contributed by atoms with Crippen molar-refractivity contribution in [1.29, 1.82) is 0 Å². The Morgan fingerprint density at radius 3 is 2.47 bits per heavy atom. The smallest absolute Gasteiger partial charge is 0.337 e. The fourth-order valence-electron chi connectivity index (χ4n) is 5.56. The third kappa shape index (κ3) is 5.79. The number of benzene rings is 2. The molecular weight excluding hydrogens is 459 g/mol. The molecule has 1 amide bonds. The first-order chi connectivity index (χ1) is 17.3. The topological polar surface area (TPSA) is 67.9 Å². The van der Waals surface area contributed by atoms with Gasteiger partial charge < -0.3 is 14.8 Å². The van der Waals surface area contributed by atoms with Crippen LogP contribution in [-0.4, -0.2) is 55.2 Å². The van der Waals surface area contributed by atoms with Crippen molar-refractivity contribution in [2.75, 3.05) is 26.8 Å². The molecule has 2 aromatic carbocycles. The molecule has 0 aliphatic carbocycles. The number of carbonyl (C=O) groups excluding carboxylic acids is 2. The summed E-state index contributed by atoms with van der Waals surface area (Å²) >= 11 is 0. The Labute approximate surface area is 213 Å². The van der Waals surface area contributed by atoms with Crippen molar-refractivity contribution in [2.45, 2.75) is 63.6 Å². The lowest BCUT2D eigenvalue weighted by atomic mass is 9.80. The van der Waals surface area contributed by atoms with Crippen LogP contribution in [-0.2, 0) is 20.8 Å². The molecule has 7 heteroatoms.